The number of hydrogen-bond acceptors (Lipinski definition) is 3. The van der Waals surface area contributed by atoms with Gasteiger partial charge >= 0.3 is 0 Å². The number of rotatable bonds is 6. The Hall–Kier alpha value is -2.79. The molecule has 0 spiro atoms. The van der Waals surface area contributed by atoms with E-state index in [1.165, 1.54) is 6.08 Å². The quantitative estimate of drug-likeness (QED) is 0.790. The van der Waals surface area contributed by atoms with Crippen LogP contribution in [0.4, 0.5) is 5.69 Å². The van der Waals surface area contributed by atoms with Crippen molar-refractivity contribution in [3.63, 3.8) is 0 Å². The van der Waals surface area contributed by atoms with E-state index in [-0.39, 0.29) is 12.5 Å². The van der Waals surface area contributed by atoms with E-state index in [2.05, 4.69) is 5.32 Å². The summed E-state index contributed by atoms with van der Waals surface area (Å²) >= 11 is 6.02. The van der Waals surface area contributed by atoms with Crippen molar-refractivity contribution in [2.75, 3.05) is 11.9 Å². The number of nitrogens with one attached hydrogen (secondary N) is 1. The number of aryl methyl sites for hydroxylation is 1. The Bertz CT molecular complexity index is 770. The number of ether oxygens (including phenoxy) is 1. The lowest BCUT2D eigenvalue weighted by Gasteiger charge is -2.05. The second kappa shape index (κ2) is 8.17. The standard InChI is InChI=1S/C18H17ClN2O3/c1-12-2-6-14(10-16(12)19)21-18(23)9-5-13-3-7-15(8-4-13)24-11-17(20)22/h2-10H,11H2,1H3,(H2,20,22)(H,21,23)/b9-5+. The maximum Gasteiger partial charge on any atom is 0.255 e. The van der Waals surface area contributed by atoms with Crippen molar-refractivity contribution in [2.45, 2.75) is 6.92 Å². The van der Waals surface area contributed by atoms with Gasteiger partial charge in [0, 0.05) is 16.8 Å². The molecule has 6 heteroatoms. The number of halogens is 1. The van der Waals surface area contributed by atoms with Crippen LogP contribution >= 0.6 is 11.6 Å². The Morgan fingerprint density at radius 2 is 1.92 bits per heavy atom. The molecule has 5 nitrogen and oxygen atoms in total. The average molecular weight is 345 g/mol. The highest BCUT2D eigenvalue weighted by Crippen LogP contribution is 2.20. The summed E-state index contributed by atoms with van der Waals surface area (Å²) in [6.45, 7) is 1.72. The highest BCUT2D eigenvalue weighted by atomic mass is 35.5. The van der Waals surface area contributed by atoms with E-state index >= 15 is 0 Å². The van der Waals surface area contributed by atoms with Crippen LogP contribution in [0.15, 0.2) is 48.5 Å². The van der Waals surface area contributed by atoms with Gasteiger partial charge in [-0.05, 0) is 48.4 Å². The van der Waals surface area contributed by atoms with Crippen LogP contribution in [0.1, 0.15) is 11.1 Å². The molecule has 0 heterocycles. The Balaban J connectivity index is 1.93. The third-order valence-electron chi connectivity index (χ3n) is 3.13. The van der Waals surface area contributed by atoms with Crippen LogP contribution in [0.3, 0.4) is 0 Å². The van der Waals surface area contributed by atoms with Gasteiger partial charge in [0.15, 0.2) is 6.61 Å². The Kier molecular flexibility index (Phi) is 5.98. The predicted octanol–water partition coefficient (Wildman–Crippen LogP) is 3.16. The molecule has 0 aromatic heterocycles. The molecule has 0 fully saturated rings. The van der Waals surface area contributed by atoms with Crippen LogP contribution in [0, 0.1) is 6.92 Å². The summed E-state index contributed by atoms with van der Waals surface area (Å²) in [6, 6.07) is 12.3. The van der Waals surface area contributed by atoms with Crippen molar-refractivity contribution >= 4 is 35.2 Å². The van der Waals surface area contributed by atoms with E-state index in [0.717, 1.165) is 11.1 Å². The van der Waals surface area contributed by atoms with Crippen molar-refractivity contribution in [3.05, 3.63) is 64.7 Å². The van der Waals surface area contributed by atoms with E-state index in [1.54, 1.807) is 42.5 Å². The second-order valence-electron chi connectivity index (χ2n) is 5.11. The minimum absolute atomic E-state index is 0.170. The number of anilines is 1. The number of hydrogen-bond donors (Lipinski definition) is 2. The zero-order valence-corrected chi connectivity index (χ0v) is 13.8. The highest BCUT2D eigenvalue weighted by Gasteiger charge is 2.01. The number of carbonyl (C=O) groups is 2. The summed E-state index contributed by atoms with van der Waals surface area (Å²) in [5.41, 5.74) is 7.40. The molecule has 24 heavy (non-hydrogen) atoms. The molecule has 0 unspecified atom stereocenters. The molecule has 0 aliphatic heterocycles. The fraction of sp³-hybridized carbons (Fsp3) is 0.111. The zero-order chi connectivity index (χ0) is 17.5. The molecule has 0 atom stereocenters. The molecule has 0 bridgehead atoms. The van der Waals surface area contributed by atoms with Crippen molar-refractivity contribution in [1.29, 1.82) is 0 Å². The van der Waals surface area contributed by atoms with E-state index in [0.29, 0.717) is 16.5 Å². The molecular formula is C18H17ClN2O3. The summed E-state index contributed by atoms with van der Waals surface area (Å²) in [7, 11) is 0. The third-order valence-corrected chi connectivity index (χ3v) is 3.53. The van der Waals surface area contributed by atoms with Gasteiger partial charge in [0.2, 0.25) is 5.91 Å². The molecule has 2 rings (SSSR count). The molecule has 124 valence electrons. The number of nitrogens with two attached hydrogens (primary N) is 1. The van der Waals surface area contributed by atoms with Crippen molar-refractivity contribution in [1.82, 2.24) is 0 Å². The van der Waals surface area contributed by atoms with Gasteiger partial charge in [0.25, 0.3) is 5.91 Å². The van der Waals surface area contributed by atoms with Crippen LogP contribution in [0.2, 0.25) is 5.02 Å². The first-order chi connectivity index (χ1) is 11.4. The van der Waals surface area contributed by atoms with Gasteiger partial charge in [0.05, 0.1) is 0 Å². The number of amides is 2. The third kappa shape index (κ3) is 5.44. The second-order valence-corrected chi connectivity index (χ2v) is 5.52. The van der Waals surface area contributed by atoms with Gasteiger partial charge in [-0.1, -0.05) is 29.8 Å². The average Bonchev–Trinajstić information content (AvgIpc) is 2.55. The normalized spacial score (nSPS) is 10.6. The van der Waals surface area contributed by atoms with E-state index in [4.69, 9.17) is 22.1 Å². The van der Waals surface area contributed by atoms with E-state index < -0.39 is 5.91 Å². The van der Waals surface area contributed by atoms with Gasteiger partial charge in [-0.2, -0.15) is 0 Å². The van der Waals surface area contributed by atoms with Crippen LogP contribution in [0.5, 0.6) is 5.75 Å². The van der Waals surface area contributed by atoms with E-state index in [1.807, 2.05) is 13.0 Å². The van der Waals surface area contributed by atoms with Crippen molar-refractivity contribution < 1.29 is 14.3 Å². The Morgan fingerprint density at radius 3 is 2.54 bits per heavy atom. The maximum atomic E-state index is 11.9. The Labute approximate surface area is 145 Å². The first-order valence-corrected chi connectivity index (χ1v) is 7.58. The number of benzene rings is 2. The molecule has 0 aliphatic carbocycles. The fourth-order valence-corrected chi connectivity index (χ4v) is 2.04. The molecule has 0 saturated carbocycles. The van der Waals surface area contributed by atoms with Gasteiger partial charge in [0.1, 0.15) is 5.75 Å². The minimum Gasteiger partial charge on any atom is -0.484 e. The van der Waals surface area contributed by atoms with Crippen molar-refractivity contribution in [3.8, 4) is 5.75 Å². The predicted molar refractivity (Wildman–Crippen MR) is 95.0 cm³/mol. The Morgan fingerprint density at radius 1 is 1.21 bits per heavy atom. The van der Waals surface area contributed by atoms with Crippen molar-refractivity contribution in [2.24, 2.45) is 5.73 Å². The highest BCUT2D eigenvalue weighted by molar-refractivity contribution is 6.31. The summed E-state index contributed by atoms with van der Waals surface area (Å²) in [6.07, 6.45) is 3.09. The van der Waals surface area contributed by atoms with Crippen LogP contribution in [-0.4, -0.2) is 18.4 Å². The first-order valence-electron chi connectivity index (χ1n) is 7.20. The lowest BCUT2D eigenvalue weighted by Crippen LogP contribution is -2.19. The first kappa shape index (κ1) is 17.6. The molecule has 2 amide bonds. The lowest BCUT2D eigenvalue weighted by molar-refractivity contribution is -0.120. The molecule has 0 saturated heterocycles. The SMILES string of the molecule is Cc1ccc(NC(=O)/C=C/c2ccc(OCC(N)=O)cc2)cc1Cl. The summed E-state index contributed by atoms with van der Waals surface area (Å²) in [5.74, 6) is -0.263. The molecular weight excluding hydrogens is 328 g/mol. The van der Waals surface area contributed by atoms with Crippen LogP contribution < -0.4 is 15.8 Å². The monoisotopic (exact) mass is 344 g/mol. The molecule has 2 aromatic carbocycles. The fourth-order valence-electron chi connectivity index (χ4n) is 1.86. The zero-order valence-electron chi connectivity index (χ0n) is 13.1. The van der Waals surface area contributed by atoms with E-state index in [9.17, 15) is 9.59 Å². The summed E-state index contributed by atoms with van der Waals surface area (Å²) in [4.78, 5) is 22.5. The lowest BCUT2D eigenvalue weighted by atomic mass is 10.2. The number of primary amides is 1. The summed E-state index contributed by atoms with van der Waals surface area (Å²) < 4.78 is 5.16. The largest absolute Gasteiger partial charge is 0.484 e. The smallest absolute Gasteiger partial charge is 0.255 e. The number of carbonyl (C=O) groups excluding carboxylic acids is 2. The van der Waals surface area contributed by atoms with Crippen LogP contribution in [0.25, 0.3) is 6.08 Å². The minimum atomic E-state index is -0.535. The summed E-state index contributed by atoms with van der Waals surface area (Å²) in [5, 5.41) is 3.34. The molecule has 0 aliphatic rings. The molecule has 3 N–H and O–H groups in total. The molecule has 0 radical (unpaired) electrons. The van der Waals surface area contributed by atoms with Gasteiger partial charge in [-0.15, -0.1) is 0 Å². The van der Waals surface area contributed by atoms with Gasteiger partial charge in [-0.3, -0.25) is 9.59 Å². The topological polar surface area (TPSA) is 81.4 Å². The van der Waals surface area contributed by atoms with Gasteiger partial charge < -0.3 is 15.8 Å². The van der Waals surface area contributed by atoms with Gasteiger partial charge in [-0.25, -0.2) is 0 Å². The van der Waals surface area contributed by atoms with Crippen LogP contribution in [-0.2, 0) is 9.59 Å². The molecule has 2 aromatic rings. The maximum absolute atomic E-state index is 11.9.